The quantitative estimate of drug-likeness (QED) is 0.811. The molecule has 1 aromatic heterocycles. The van der Waals surface area contributed by atoms with Crippen molar-refractivity contribution in [2.24, 2.45) is 0 Å². The Morgan fingerprint density at radius 3 is 3.07 bits per heavy atom. The SMILES string of the molecule is O=C(O)CC1(c2cccnc2)NC=CS1. The fourth-order valence-electron chi connectivity index (χ4n) is 1.51. The van der Waals surface area contributed by atoms with Gasteiger partial charge in [-0.1, -0.05) is 17.8 Å². The summed E-state index contributed by atoms with van der Waals surface area (Å²) in [5.41, 5.74) is 0.877. The van der Waals surface area contributed by atoms with Gasteiger partial charge in [-0.25, -0.2) is 0 Å². The number of carboxylic acid groups (broad SMARTS) is 1. The van der Waals surface area contributed by atoms with E-state index >= 15 is 0 Å². The molecule has 2 N–H and O–H groups in total. The van der Waals surface area contributed by atoms with Crippen molar-refractivity contribution in [1.82, 2.24) is 10.3 Å². The van der Waals surface area contributed by atoms with Gasteiger partial charge in [0.05, 0.1) is 6.42 Å². The number of carbonyl (C=O) groups is 1. The van der Waals surface area contributed by atoms with Gasteiger partial charge < -0.3 is 10.4 Å². The highest BCUT2D eigenvalue weighted by Crippen LogP contribution is 2.40. The van der Waals surface area contributed by atoms with E-state index in [9.17, 15) is 4.79 Å². The molecule has 1 atom stereocenters. The van der Waals surface area contributed by atoms with Crippen molar-refractivity contribution in [3.05, 3.63) is 41.7 Å². The Balaban J connectivity index is 2.31. The fourth-order valence-corrected chi connectivity index (χ4v) is 2.48. The lowest BCUT2D eigenvalue weighted by atomic mass is 10.1. The second-order valence-electron chi connectivity index (χ2n) is 3.20. The van der Waals surface area contributed by atoms with E-state index < -0.39 is 10.8 Å². The number of rotatable bonds is 3. The summed E-state index contributed by atoms with van der Waals surface area (Å²) in [6.07, 6.45) is 5.15. The number of pyridine rings is 1. The average Bonchev–Trinajstić information content (AvgIpc) is 2.68. The molecule has 78 valence electrons. The normalized spacial score (nSPS) is 23.7. The van der Waals surface area contributed by atoms with Crippen LogP contribution in [0.5, 0.6) is 0 Å². The second kappa shape index (κ2) is 3.94. The zero-order chi connectivity index (χ0) is 10.7. The Kier molecular flexibility index (Phi) is 2.64. The maximum absolute atomic E-state index is 10.8. The molecule has 0 saturated heterocycles. The van der Waals surface area contributed by atoms with Crippen molar-refractivity contribution in [2.75, 3.05) is 0 Å². The van der Waals surface area contributed by atoms with E-state index in [0.717, 1.165) is 5.56 Å². The van der Waals surface area contributed by atoms with Crippen molar-refractivity contribution >= 4 is 17.7 Å². The lowest BCUT2D eigenvalue weighted by Gasteiger charge is -2.27. The highest BCUT2D eigenvalue weighted by Gasteiger charge is 2.36. The van der Waals surface area contributed by atoms with Crippen LogP contribution in [0.15, 0.2) is 36.1 Å². The number of carboxylic acids is 1. The summed E-state index contributed by atoms with van der Waals surface area (Å²) in [7, 11) is 0. The van der Waals surface area contributed by atoms with Gasteiger partial charge in [0.25, 0.3) is 0 Å². The lowest BCUT2D eigenvalue weighted by Crippen LogP contribution is -2.35. The molecule has 2 heterocycles. The van der Waals surface area contributed by atoms with Crippen molar-refractivity contribution in [3.8, 4) is 0 Å². The predicted molar refractivity (Wildman–Crippen MR) is 58.0 cm³/mol. The van der Waals surface area contributed by atoms with Crippen molar-refractivity contribution in [1.29, 1.82) is 0 Å². The van der Waals surface area contributed by atoms with Crippen molar-refractivity contribution in [2.45, 2.75) is 11.3 Å². The summed E-state index contributed by atoms with van der Waals surface area (Å²) in [5, 5.41) is 13.8. The standard InChI is InChI=1S/C10H10N2O2S/c13-9(14)6-10(12-4-5-15-10)8-2-1-3-11-7-8/h1-5,7,12H,6H2,(H,13,14). The molecule has 0 radical (unpaired) electrons. The largest absolute Gasteiger partial charge is 0.481 e. The summed E-state index contributed by atoms with van der Waals surface area (Å²) < 4.78 is 0. The van der Waals surface area contributed by atoms with Gasteiger partial charge in [-0.05, 0) is 11.5 Å². The highest BCUT2D eigenvalue weighted by atomic mass is 32.2. The Bertz CT molecular complexity index is 384. The smallest absolute Gasteiger partial charge is 0.307 e. The van der Waals surface area contributed by atoms with Crippen molar-refractivity contribution in [3.63, 3.8) is 0 Å². The maximum Gasteiger partial charge on any atom is 0.307 e. The number of nitrogens with zero attached hydrogens (tertiary/aromatic N) is 1. The first kappa shape index (κ1) is 10.0. The molecule has 0 spiro atoms. The Morgan fingerprint density at radius 2 is 2.53 bits per heavy atom. The molecule has 0 aliphatic carbocycles. The molecule has 0 amide bonds. The number of nitrogens with one attached hydrogen (secondary N) is 1. The molecule has 1 aliphatic rings. The molecule has 0 fully saturated rings. The monoisotopic (exact) mass is 222 g/mol. The topological polar surface area (TPSA) is 62.2 Å². The van der Waals surface area contributed by atoms with E-state index in [-0.39, 0.29) is 6.42 Å². The summed E-state index contributed by atoms with van der Waals surface area (Å²) in [6.45, 7) is 0. The highest BCUT2D eigenvalue weighted by molar-refractivity contribution is 8.03. The molecule has 5 heteroatoms. The van der Waals surface area contributed by atoms with Gasteiger partial charge >= 0.3 is 5.97 Å². The van der Waals surface area contributed by atoms with E-state index in [2.05, 4.69) is 10.3 Å². The second-order valence-corrected chi connectivity index (χ2v) is 4.41. The minimum Gasteiger partial charge on any atom is -0.481 e. The molecular formula is C10H10N2O2S. The number of hydrogen-bond donors (Lipinski definition) is 2. The molecule has 0 bridgehead atoms. The van der Waals surface area contributed by atoms with Gasteiger partial charge in [0, 0.05) is 24.2 Å². The summed E-state index contributed by atoms with van der Waals surface area (Å²) in [6, 6.07) is 3.68. The number of thioether (sulfide) groups is 1. The van der Waals surface area contributed by atoms with Gasteiger partial charge in [0.2, 0.25) is 0 Å². The van der Waals surface area contributed by atoms with Crippen LogP contribution in [-0.2, 0) is 9.67 Å². The van der Waals surface area contributed by atoms with E-state index in [1.54, 1.807) is 24.7 Å². The molecular weight excluding hydrogens is 212 g/mol. The zero-order valence-electron chi connectivity index (χ0n) is 7.88. The van der Waals surface area contributed by atoms with Crippen LogP contribution in [0, 0.1) is 0 Å². The van der Waals surface area contributed by atoms with Crippen LogP contribution in [-0.4, -0.2) is 16.1 Å². The molecule has 2 rings (SSSR count). The average molecular weight is 222 g/mol. The minimum absolute atomic E-state index is 0.0242. The van der Waals surface area contributed by atoms with E-state index in [1.165, 1.54) is 11.8 Å². The predicted octanol–water partition coefficient (Wildman–Crippen LogP) is 1.52. The van der Waals surface area contributed by atoms with Crippen LogP contribution in [0.2, 0.25) is 0 Å². The van der Waals surface area contributed by atoms with Crippen LogP contribution in [0.4, 0.5) is 0 Å². The number of aliphatic carboxylic acids is 1. The molecule has 1 unspecified atom stereocenters. The van der Waals surface area contributed by atoms with Gasteiger partial charge in [0.15, 0.2) is 0 Å². The fraction of sp³-hybridized carbons (Fsp3) is 0.200. The van der Waals surface area contributed by atoms with E-state index in [4.69, 9.17) is 5.11 Å². The first-order valence-electron chi connectivity index (χ1n) is 4.46. The first-order chi connectivity index (χ1) is 7.23. The van der Waals surface area contributed by atoms with Gasteiger partial charge in [-0.2, -0.15) is 0 Å². The maximum atomic E-state index is 10.8. The third-order valence-corrected chi connectivity index (χ3v) is 3.35. The minimum atomic E-state index is -0.831. The zero-order valence-corrected chi connectivity index (χ0v) is 8.70. The third-order valence-electron chi connectivity index (χ3n) is 2.18. The third kappa shape index (κ3) is 1.97. The molecule has 1 aliphatic heterocycles. The van der Waals surface area contributed by atoms with Crippen LogP contribution < -0.4 is 5.32 Å². The number of aromatic nitrogens is 1. The van der Waals surface area contributed by atoms with Crippen LogP contribution in [0.3, 0.4) is 0 Å². The van der Waals surface area contributed by atoms with Gasteiger partial charge in [-0.3, -0.25) is 9.78 Å². The molecule has 1 aromatic rings. The summed E-state index contributed by atoms with van der Waals surface area (Å²) >= 11 is 1.46. The Hall–Kier alpha value is -1.49. The molecule has 0 saturated carbocycles. The molecule has 4 nitrogen and oxygen atoms in total. The van der Waals surface area contributed by atoms with Crippen LogP contribution >= 0.6 is 11.8 Å². The molecule has 15 heavy (non-hydrogen) atoms. The Morgan fingerprint density at radius 1 is 1.67 bits per heavy atom. The van der Waals surface area contributed by atoms with E-state index in [0.29, 0.717) is 0 Å². The first-order valence-corrected chi connectivity index (χ1v) is 5.34. The summed E-state index contributed by atoms with van der Waals surface area (Å²) in [5.74, 6) is -0.831. The summed E-state index contributed by atoms with van der Waals surface area (Å²) in [4.78, 5) is 14.2. The van der Waals surface area contributed by atoms with Gasteiger partial charge in [-0.15, -0.1) is 0 Å². The lowest BCUT2D eigenvalue weighted by molar-refractivity contribution is -0.137. The number of hydrogen-bond acceptors (Lipinski definition) is 4. The molecule has 0 aromatic carbocycles. The Labute approximate surface area is 91.4 Å². The van der Waals surface area contributed by atoms with Gasteiger partial charge in [0.1, 0.15) is 4.87 Å². The van der Waals surface area contributed by atoms with Crippen LogP contribution in [0.1, 0.15) is 12.0 Å². The van der Waals surface area contributed by atoms with E-state index in [1.807, 2.05) is 11.5 Å². The van der Waals surface area contributed by atoms with Crippen LogP contribution in [0.25, 0.3) is 0 Å². The van der Waals surface area contributed by atoms with Crippen molar-refractivity contribution < 1.29 is 9.90 Å².